The van der Waals surface area contributed by atoms with E-state index >= 15 is 0 Å². The monoisotopic (exact) mass is 243 g/mol. The van der Waals surface area contributed by atoms with Gasteiger partial charge < -0.3 is 5.73 Å². The second-order valence-corrected chi connectivity index (χ2v) is 5.31. The fourth-order valence-electron chi connectivity index (χ4n) is 2.21. The topological polar surface area (TPSA) is 43.8 Å². The minimum Gasteiger partial charge on any atom is -0.382 e. The third kappa shape index (κ3) is 2.40. The lowest BCUT2D eigenvalue weighted by atomic mass is 9.90. The summed E-state index contributed by atoms with van der Waals surface area (Å²) in [7, 11) is 0. The van der Waals surface area contributed by atoms with Crippen molar-refractivity contribution in [3.8, 4) is 5.69 Å². The molecule has 1 aromatic heterocycles. The van der Waals surface area contributed by atoms with Crippen molar-refractivity contribution in [2.45, 2.75) is 39.5 Å². The Morgan fingerprint density at radius 1 is 1.00 bits per heavy atom. The van der Waals surface area contributed by atoms with E-state index in [1.807, 2.05) is 16.9 Å². The molecule has 0 aliphatic heterocycles. The van der Waals surface area contributed by atoms with E-state index in [4.69, 9.17) is 5.73 Å². The van der Waals surface area contributed by atoms with Gasteiger partial charge in [0.2, 0.25) is 0 Å². The van der Waals surface area contributed by atoms with E-state index in [9.17, 15) is 0 Å². The van der Waals surface area contributed by atoms with Crippen molar-refractivity contribution in [2.75, 3.05) is 5.73 Å². The summed E-state index contributed by atoms with van der Waals surface area (Å²) in [6.07, 6.45) is 1.89. The van der Waals surface area contributed by atoms with Crippen molar-refractivity contribution in [2.24, 2.45) is 0 Å². The van der Waals surface area contributed by atoms with E-state index in [0.717, 1.165) is 5.69 Å². The van der Waals surface area contributed by atoms with Gasteiger partial charge in [-0.25, -0.2) is 4.68 Å². The molecule has 3 heteroatoms. The fourth-order valence-corrected chi connectivity index (χ4v) is 2.21. The maximum atomic E-state index is 5.66. The molecule has 2 rings (SSSR count). The minimum absolute atomic E-state index is 0.509. The summed E-state index contributed by atoms with van der Waals surface area (Å²) in [5.74, 6) is 1.60. The third-order valence-corrected chi connectivity index (χ3v) is 3.19. The molecule has 96 valence electrons. The molecule has 3 nitrogen and oxygen atoms in total. The molecule has 0 saturated carbocycles. The number of nitrogens with zero attached hydrogens (tertiary/aromatic N) is 2. The van der Waals surface area contributed by atoms with Gasteiger partial charge in [-0.15, -0.1) is 0 Å². The normalized spacial score (nSPS) is 11.4. The molecule has 0 atom stereocenters. The van der Waals surface area contributed by atoms with Crippen LogP contribution in [0, 0.1) is 0 Å². The molecule has 0 aliphatic rings. The lowest BCUT2D eigenvalue weighted by molar-refractivity contribution is 0.783. The third-order valence-electron chi connectivity index (χ3n) is 3.19. The number of aromatic nitrogens is 2. The molecule has 0 bridgehead atoms. The highest BCUT2D eigenvalue weighted by Gasteiger charge is 2.11. The van der Waals surface area contributed by atoms with Crippen LogP contribution < -0.4 is 5.73 Å². The highest BCUT2D eigenvalue weighted by Crippen LogP contribution is 2.28. The van der Waals surface area contributed by atoms with Crippen molar-refractivity contribution in [1.29, 1.82) is 0 Å². The van der Waals surface area contributed by atoms with Gasteiger partial charge in [-0.3, -0.25) is 0 Å². The van der Waals surface area contributed by atoms with Gasteiger partial charge in [0.1, 0.15) is 5.82 Å². The number of nitrogens with two attached hydrogens (primary N) is 1. The van der Waals surface area contributed by atoms with Gasteiger partial charge in [0.25, 0.3) is 0 Å². The molecule has 1 aromatic carbocycles. The number of hydrogen-bond acceptors (Lipinski definition) is 2. The molecule has 0 amide bonds. The maximum absolute atomic E-state index is 5.66. The Morgan fingerprint density at radius 2 is 1.67 bits per heavy atom. The summed E-state index contributed by atoms with van der Waals surface area (Å²) >= 11 is 0. The zero-order valence-electron chi connectivity index (χ0n) is 11.5. The number of hydrogen-bond donors (Lipinski definition) is 1. The predicted octanol–water partition coefficient (Wildman–Crippen LogP) is 3.70. The van der Waals surface area contributed by atoms with E-state index in [-0.39, 0.29) is 0 Å². The van der Waals surface area contributed by atoms with Crippen LogP contribution in [0.2, 0.25) is 0 Å². The SMILES string of the molecule is CC(C)c1ccc(-n2ccc(N)n2)cc1C(C)C. The van der Waals surface area contributed by atoms with Crippen LogP contribution in [0.1, 0.15) is 50.7 Å². The van der Waals surface area contributed by atoms with Crippen LogP contribution in [0.4, 0.5) is 5.82 Å². The Labute approximate surface area is 109 Å². The molecule has 2 aromatic rings. The van der Waals surface area contributed by atoms with E-state index in [0.29, 0.717) is 17.7 Å². The summed E-state index contributed by atoms with van der Waals surface area (Å²) in [6.45, 7) is 8.91. The Bertz CT molecular complexity index is 538. The van der Waals surface area contributed by atoms with Crippen LogP contribution >= 0.6 is 0 Å². The van der Waals surface area contributed by atoms with Gasteiger partial charge in [0, 0.05) is 12.3 Å². The van der Waals surface area contributed by atoms with Crippen molar-refractivity contribution in [3.05, 3.63) is 41.6 Å². The molecular weight excluding hydrogens is 222 g/mol. The summed E-state index contributed by atoms with van der Waals surface area (Å²) in [5, 5.41) is 4.25. The Hall–Kier alpha value is -1.77. The zero-order valence-corrected chi connectivity index (χ0v) is 11.5. The largest absolute Gasteiger partial charge is 0.382 e. The smallest absolute Gasteiger partial charge is 0.145 e. The van der Waals surface area contributed by atoms with Crippen LogP contribution in [0.5, 0.6) is 0 Å². The van der Waals surface area contributed by atoms with Gasteiger partial charge in [-0.05, 0) is 35.1 Å². The molecule has 0 spiro atoms. The van der Waals surface area contributed by atoms with Gasteiger partial charge in [0.05, 0.1) is 5.69 Å². The quantitative estimate of drug-likeness (QED) is 0.893. The van der Waals surface area contributed by atoms with Crippen molar-refractivity contribution < 1.29 is 0 Å². The van der Waals surface area contributed by atoms with E-state index in [1.165, 1.54) is 11.1 Å². The first-order valence-electron chi connectivity index (χ1n) is 6.44. The first kappa shape index (κ1) is 12.7. The second-order valence-electron chi connectivity index (χ2n) is 5.31. The average Bonchev–Trinajstić information content (AvgIpc) is 2.75. The molecule has 0 radical (unpaired) electrons. The van der Waals surface area contributed by atoms with E-state index < -0.39 is 0 Å². The summed E-state index contributed by atoms with van der Waals surface area (Å²) < 4.78 is 1.82. The predicted molar refractivity (Wildman–Crippen MR) is 76.2 cm³/mol. The molecule has 0 aliphatic carbocycles. The van der Waals surface area contributed by atoms with Gasteiger partial charge in [-0.1, -0.05) is 33.8 Å². The summed E-state index contributed by atoms with van der Waals surface area (Å²) in [5.41, 5.74) is 9.53. The standard InChI is InChI=1S/C15H21N3/c1-10(2)13-6-5-12(9-14(13)11(3)4)18-8-7-15(16)17-18/h5-11H,1-4H3,(H2,16,17). The molecule has 18 heavy (non-hydrogen) atoms. The fraction of sp³-hybridized carbons (Fsp3) is 0.400. The van der Waals surface area contributed by atoms with Gasteiger partial charge >= 0.3 is 0 Å². The Balaban J connectivity index is 2.49. The average molecular weight is 243 g/mol. The Morgan fingerprint density at radius 3 is 2.17 bits per heavy atom. The highest BCUT2D eigenvalue weighted by molar-refractivity contribution is 5.44. The lowest BCUT2D eigenvalue weighted by Crippen LogP contribution is -2.03. The van der Waals surface area contributed by atoms with Crippen LogP contribution in [0.25, 0.3) is 5.69 Å². The van der Waals surface area contributed by atoms with Crippen molar-refractivity contribution >= 4 is 5.82 Å². The zero-order chi connectivity index (χ0) is 13.3. The molecule has 0 fully saturated rings. The first-order valence-corrected chi connectivity index (χ1v) is 6.44. The van der Waals surface area contributed by atoms with Crippen LogP contribution in [0.3, 0.4) is 0 Å². The Kier molecular flexibility index (Phi) is 3.41. The second kappa shape index (κ2) is 4.84. The summed E-state index contributed by atoms with van der Waals surface area (Å²) in [6, 6.07) is 8.33. The van der Waals surface area contributed by atoms with Crippen LogP contribution in [-0.2, 0) is 0 Å². The van der Waals surface area contributed by atoms with E-state index in [2.05, 4.69) is 51.0 Å². The number of anilines is 1. The van der Waals surface area contributed by atoms with Crippen LogP contribution in [-0.4, -0.2) is 9.78 Å². The number of rotatable bonds is 3. The van der Waals surface area contributed by atoms with Gasteiger partial charge in [0.15, 0.2) is 0 Å². The molecule has 1 heterocycles. The molecule has 0 unspecified atom stereocenters. The highest BCUT2D eigenvalue weighted by atomic mass is 15.3. The van der Waals surface area contributed by atoms with Crippen LogP contribution in [0.15, 0.2) is 30.5 Å². The molecule has 2 N–H and O–H groups in total. The number of nitrogen functional groups attached to an aromatic ring is 1. The van der Waals surface area contributed by atoms with Crippen molar-refractivity contribution in [3.63, 3.8) is 0 Å². The lowest BCUT2D eigenvalue weighted by Gasteiger charge is -2.17. The van der Waals surface area contributed by atoms with Gasteiger partial charge in [-0.2, -0.15) is 5.10 Å². The maximum Gasteiger partial charge on any atom is 0.145 e. The summed E-state index contributed by atoms with van der Waals surface area (Å²) in [4.78, 5) is 0. The minimum atomic E-state index is 0.509. The number of benzene rings is 1. The van der Waals surface area contributed by atoms with Crippen molar-refractivity contribution in [1.82, 2.24) is 9.78 Å². The first-order chi connectivity index (χ1) is 8.49. The molecule has 0 saturated heterocycles. The molecular formula is C15H21N3. The van der Waals surface area contributed by atoms with E-state index in [1.54, 1.807) is 0 Å².